The number of hydrogen-bond acceptors (Lipinski definition) is 1. The summed E-state index contributed by atoms with van der Waals surface area (Å²) in [6.07, 6.45) is 2.28. The Labute approximate surface area is 95.4 Å². The molecule has 0 radical (unpaired) electrons. The van der Waals surface area contributed by atoms with Gasteiger partial charge in [0.25, 0.3) is 0 Å². The van der Waals surface area contributed by atoms with Crippen molar-refractivity contribution in [2.45, 2.75) is 38.3 Å². The van der Waals surface area contributed by atoms with Crippen LogP contribution >= 0.6 is 0 Å². The number of benzene rings is 1. The second-order valence-corrected chi connectivity index (χ2v) is 5.14. The smallest absolute Gasteiger partial charge is 0.312 e. The highest BCUT2D eigenvalue weighted by molar-refractivity contribution is 5.94. The van der Waals surface area contributed by atoms with Gasteiger partial charge in [0.1, 0.15) is 0 Å². The van der Waals surface area contributed by atoms with Crippen LogP contribution in [0.25, 0.3) is 0 Å². The summed E-state index contributed by atoms with van der Waals surface area (Å²) in [5.74, 6) is 0. The molecule has 1 aliphatic carbocycles. The molecular formula is C13H16N2O. The minimum absolute atomic E-state index is 0.0474. The van der Waals surface area contributed by atoms with Gasteiger partial charge in [-0.2, -0.15) is 0 Å². The Morgan fingerprint density at radius 2 is 2.00 bits per heavy atom. The van der Waals surface area contributed by atoms with Gasteiger partial charge in [0.05, 0.1) is 5.54 Å². The molecule has 0 spiro atoms. The number of nitrogens with one attached hydrogen (secondary N) is 1. The zero-order valence-electron chi connectivity index (χ0n) is 9.66. The van der Waals surface area contributed by atoms with Gasteiger partial charge in [-0.15, -0.1) is 0 Å². The largest absolute Gasteiger partial charge is 0.322 e. The molecule has 0 unspecified atom stereocenters. The molecule has 84 valence electrons. The number of para-hydroxylation sites is 1. The molecule has 1 fully saturated rings. The summed E-state index contributed by atoms with van der Waals surface area (Å²) in [7, 11) is 0. The fraction of sp³-hybridized carbons (Fsp3) is 0.462. The number of carbonyl (C=O) groups is 1. The highest BCUT2D eigenvalue weighted by atomic mass is 16.2. The molecule has 1 saturated carbocycles. The van der Waals surface area contributed by atoms with Crippen molar-refractivity contribution in [1.82, 2.24) is 4.90 Å². The van der Waals surface area contributed by atoms with Crippen molar-refractivity contribution >= 4 is 11.7 Å². The van der Waals surface area contributed by atoms with Crippen molar-refractivity contribution in [1.29, 1.82) is 0 Å². The first-order chi connectivity index (χ1) is 7.60. The molecule has 16 heavy (non-hydrogen) atoms. The molecule has 1 aromatic carbocycles. The van der Waals surface area contributed by atoms with Crippen LogP contribution in [0.5, 0.6) is 0 Å². The normalized spacial score (nSPS) is 22.6. The number of nitrogens with zero attached hydrogens (tertiary/aromatic N) is 1. The number of fused-ring (bicyclic) bond motifs is 1. The number of hydrogen-bond donors (Lipinski definition) is 1. The molecule has 0 saturated heterocycles. The Hall–Kier alpha value is -1.51. The lowest BCUT2D eigenvalue weighted by Gasteiger charge is -2.44. The lowest BCUT2D eigenvalue weighted by Crippen LogP contribution is -2.52. The molecule has 0 atom stereocenters. The molecule has 3 nitrogen and oxygen atoms in total. The third-order valence-corrected chi connectivity index (χ3v) is 3.56. The molecule has 0 aromatic heterocycles. The van der Waals surface area contributed by atoms with Gasteiger partial charge in [0.15, 0.2) is 0 Å². The predicted octanol–water partition coefficient (Wildman–Crippen LogP) is 2.93. The summed E-state index contributed by atoms with van der Waals surface area (Å²) in [5.41, 5.74) is 1.97. The van der Waals surface area contributed by atoms with E-state index >= 15 is 0 Å². The van der Waals surface area contributed by atoms with Crippen molar-refractivity contribution in [2.24, 2.45) is 0 Å². The SMILES string of the molecule is CC1(C)c2ccccc2NC(=O)N1C1CC1. The third-order valence-electron chi connectivity index (χ3n) is 3.56. The summed E-state index contributed by atoms with van der Waals surface area (Å²) < 4.78 is 0. The first kappa shape index (κ1) is 9.70. The van der Waals surface area contributed by atoms with E-state index in [-0.39, 0.29) is 11.6 Å². The van der Waals surface area contributed by atoms with Gasteiger partial charge in [0.2, 0.25) is 0 Å². The zero-order chi connectivity index (χ0) is 11.3. The van der Waals surface area contributed by atoms with Gasteiger partial charge in [0, 0.05) is 17.3 Å². The van der Waals surface area contributed by atoms with Crippen LogP contribution in [-0.2, 0) is 5.54 Å². The standard InChI is InChI=1S/C13H16N2O/c1-13(2)10-5-3-4-6-11(10)14-12(16)15(13)9-7-8-9/h3-6,9H,7-8H2,1-2H3,(H,14,16). The topological polar surface area (TPSA) is 32.3 Å². The molecule has 1 heterocycles. The lowest BCUT2D eigenvalue weighted by atomic mass is 9.89. The molecule has 1 N–H and O–H groups in total. The van der Waals surface area contributed by atoms with Crippen LogP contribution in [0.2, 0.25) is 0 Å². The quantitative estimate of drug-likeness (QED) is 0.769. The van der Waals surface area contributed by atoms with Gasteiger partial charge in [-0.3, -0.25) is 0 Å². The van der Waals surface area contributed by atoms with Crippen molar-refractivity contribution < 1.29 is 4.79 Å². The van der Waals surface area contributed by atoms with Crippen molar-refractivity contribution in [3.8, 4) is 0 Å². The van der Waals surface area contributed by atoms with Crippen molar-refractivity contribution in [3.63, 3.8) is 0 Å². The predicted molar refractivity (Wildman–Crippen MR) is 63.3 cm³/mol. The Morgan fingerprint density at radius 3 is 2.69 bits per heavy atom. The summed E-state index contributed by atoms with van der Waals surface area (Å²) in [6.45, 7) is 4.26. The van der Waals surface area contributed by atoms with E-state index in [1.54, 1.807) is 0 Å². The van der Waals surface area contributed by atoms with Crippen molar-refractivity contribution in [3.05, 3.63) is 29.8 Å². The molecule has 0 bridgehead atoms. The zero-order valence-corrected chi connectivity index (χ0v) is 9.66. The maximum Gasteiger partial charge on any atom is 0.322 e. The minimum Gasteiger partial charge on any atom is -0.312 e. The van der Waals surface area contributed by atoms with Crippen LogP contribution in [-0.4, -0.2) is 17.0 Å². The van der Waals surface area contributed by atoms with Crippen LogP contribution in [0.3, 0.4) is 0 Å². The molecule has 1 aliphatic heterocycles. The van der Waals surface area contributed by atoms with Gasteiger partial charge in [-0.05, 0) is 32.8 Å². The molecule has 1 aromatic rings. The average molecular weight is 216 g/mol. The number of amides is 2. The molecule has 3 heteroatoms. The summed E-state index contributed by atoms with van der Waals surface area (Å²) >= 11 is 0. The monoisotopic (exact) mass is 216 g/mol. The lowest BCUT2D eigenvalue weighted by molar-refractivity contribution is 0.135. The Kier molecular flexibility index (Phi) is 1.82. The van der Waals surface area contributed by atoms with Gasteiger partial charge in [-0.1, -0.05) is 18.2 Å². The fourth-order valence-corrected chi connectivity index (χ4v) is 2.64. The van der Waals surface area contributed by atoms with E-state index in [1.165, 1.54) is 5.56 Å². The molecule has 2 aliphatic rings. The highest BCUT2D eigenvalue weighted by Crippen LogP contribution is 2.43. The molecule has 3 rings (SSSR count). The second-order valence-electron chi connectivity index (χ2n) is 5.14. The highest BCUT2D eigenvalue weighted by Gasteiger charge is 2.46. The van der Waals surface area contributed by atoms with E-state index in [2.05, 4.69) is 25.2 Å². The van der Waals surface area contributed by atoms with Crippen LogP contribution in [0.4, 0.5) is 10.5 Å². The maximum atomic E-state index is 12.1. The van der Waals surface area contributed by atoms with Gasteiger partial charge < -0.3 is 10.2 Å². The third kappa shape index (κ3) is 1.24. The van der Waals surface area contributed by atoms with Crippen LogP contribution in [0.1, 0.15) is 32.3 Å². The van der Waals surface area contributed by atoms with Gasteiger partial charge >= 0.3 is 6.03 Å². The number of anilines is 1. The summed E-state index contributed by atoms with van der Waals surface area (Å²) in [5, 5.41) is 2.97. The number of rotatable bonds is 1. The maximum absolute atomic E-state index is 12.1. The Morgan fingerprint density at radius 1 is 1.31 bits per heavy atom. The number of carbonyl (C=O) groups excluding carboxylic acids is 1. The van der Waals surface area contributed by atoms with E-state index in [9.17, 15) is 4.79 Å². The van der Waals surface area contributed by atoms with Crippen LogP contribution < -0.4 is 5.32 Å². The molecule has 2 amide bonds. The van der Waals surface area contributed by atoms with E-state index < -0.39 is 0 Å². The van der Waals surface area contributed by atoms with Crippen molar-refractivity contribution in [2.75, 3.05) is 5.32 Å². The first-order valence-corrected chi connectivity index (χ1v) is 5.80. The Bertz CT molecular complexity index is 449. The minimum atomic E-state index is -0.194. The first-order valence-electron chi connectivity index (χ1n) is 5.80. The van der Waals surface area contributed by atoms with E-state index in [4.69, 9.17) is 0 Å². The number of urea groups is 1. The average Bonchev–Trinajstić information content (AvgIpc) is 3.01. The van der Waals surface area contributed by atoms with E-state index in [1.807, 2.05) is 23.1 Å². The summed E-state index contributed by atoms with van der Waals surface area (Å²) in [6, 6.07) is 8.55. The van der Waals surface area contributed by atoms with Gasteiger partial charge in [-0.25, -0.2) is 4.79 Å². The van der Waals surface area contributed by atoms with E-state index in [0.29, 0.717) is 6.04 Å². The van der Waals surface area contributed by atoms with Crippen LogP contribution in [0, 0.1) is 0 Å². The second kappa shape index (κ2) is 3.00. The van der Waals surface area contributed by atoms with E-state index in [0.717, 1.165) is 18.5 Å². The fourth-order valence-electron chi connectivity index (χ4n) is 2.64. The molecular weight excluding hydrogens is 200 g/mol. The van der Waals surface area contributed by atoms with Crippen LogP contribution in [0.15, 0.2) is 24.3 Å². The Balaban J connectivity index is 2.11. The summed E-state index contributed by atoms with van der Waals surface area (Å²) in [4.78, 5) is 14.1.